The lowest BCUT2D eigenvalue weighted by Gasteiger charge is -2.34. The second-order valence-electron chi connectivity index (χ2n) is 12.5. The number of alkyl carbamates (subject to hydrolysis) is 1. The Morgan fingerprint density at radius 1 is 1.07 bits per heavy atom. The number of hydrogen-bond donors (Lipinski definition) is 2. The van der Waals surface area contributed by atoms with Crippen molar-refractivity contribution < 1.29 is 33.3 Å². The first-order valence-corrected chi connectivity index (χ1v) is 15.0. The standard InChI is InChI=1S/C32H41N3O8/c1-32(2)12-8-11-20-13-22-23(15-25(20)40-3)33-27(36)16-26(22)43-21-14-24(30(38)41-4)35(17-21)29(37)28(34-31(39)42-18-32)19-9-6-5-7-10-19/h8,11,13,15-16,19,21,24,28H,5-7,9-10,12,14,17-18H2,1-4H3,(H,33,36)(H,34,39)/b11-8+/t21-,24+,28+/m1/s1. The number of cyclic esters (lactones) is 1. The number of pyridine rings is 1. The van der Waals surface area contributed by atoms with Crippen molar-refractivity contribution in [3.05, 3.63) is 40.2 Å². The van der Waals surface area contributed by atoms with Gasteiger partial charge in [0.1, 0.15) is 29.7 Å². The fraction of sp³-hybridized carbons (Fsp3) is 0.562. The van der Waals surface area contributed by atoms with Crippen molar-refractivity contribution in [1.82, 2.24) is 15.2 Å². The normalized spacial score (nSPS) is 25.7. The van der Waals surface area contributed by atoms with Gasteiger partial charge in [0.2, 0.25) is 5.91 Å². The predicted octanol–water partition coefficient (Wildman–Crippen LogP) is 4.18. The van der Waals surface area contributed by atoms with E-state index < -0.39 is 35.7 Å². The van der Waals surface area contributed by atoms with E-state index in [1.165, 1.54) is 18.1 Å². The fourth-order valence-electron chi connectivity index (χ4n) is 6.36. The smallest absolute Gasteiger partial charge is 0.407 e. The highest BCUT2D eigenvalue weighted by Crippen LogP contribution is 2.35. The highest BCUT2D eigenvalue weighted by atomic mass is 16.5. The van der Waals surface area contributed by atoms with Crippen LogP contribution in [0.1, 0.15) is 64.4 Å². The number of hydrogen-bond acceptors (Lipinski definition) is 8. The third kappa shape index (κ3) is 6.81. The van der Waals surface area contributed by atoms with E-state index in [9.17, 15) is 19.2 Å². The summed E-state index contributed by atoms with van der Waals surface area (Å²) in [5.74, 6) is -0.109. The highest BCUT2D eigenvalue weighted by molar-refractivity contribution is 5.91. The van der Waals surface area contributed by atoms with E-state index in [4.69, 9.17) is 18.9 Å². The number of carbonyl (C=O) groups excluding carboxylic acids is 3. The maximum absolute atomic E-state index is 14.2. The Kier molecular flexibility index (Phi) is 8.98. The predicted molar refractivity (Wildman–Crippen MR) is 160 cm³/mol. The largest absolute Gasteiger partial charge is 0.496 e. The van der Waals surface area contributed by atoms with E-state index in [0.717, 1.165) is 37.7 Å². The van der Waals surface area contributed by atoms with Crippen molar-refractivity contribution >= 4 is 34.9 Å². The first-order chi connectivity index (χ1) is 20.6. The van der Waals surface area contributed by atoms with Crippen molar-refractivity contribution in [1.29, 1.82) is 0 Å². The van der Waals surface area contributed by atoms with Gasteiger partial charge in [-0.05, 0) is 31.2 Å². The summed E-state index contributed by atoms with van der Waals surface area (Å²) in [4.78, 5) is 57.1. The molecular formula is C32H41N3O8. The van der Waals surface area contributed by atoms with Crippen molar-refractivity contribution in [2.45, 2.75) is 77.0 Å². The lowest BCUT2D eigenvalue weighted by molar-refractivity contribution is -0.152. The third-order valence-corrected chi connectivity index (χ3v) is 8.69. The summed E-state index contributed by atoms with van der Waals surface area (Å²) in [6, 6.07) is 3.25. The average molecular weight is 596 g/mol. The lowest BCUT2D eigenvalue weighted by atomic mass is 9.83. The number of ether oxygens (including phenoxy) is 4. The van der Waals surface area contributed by atoms with Crippen LogP contribution in [0.15, 0.2) is 29.1 Å². The molecule has 2 aromatic rings. The number of H-pyrrole nitrogens is 1. The zero-order valence-corrected chi connectivity index (χ0v) is 25.3. The molecule has 11 nitrogen and oxygen atoms in total. The summed E-state index contributed by atoms with van der Waals surface area (Å²) in [7, 11) is 2.84. The van der Waals surface area contributed by atoms with E-state index in [1.54, 1.807) is 13.2 Å². The minimum atomic E-state index is -0.903. The van der Waals surface area contributed by atoms with Gasteiger partial charge in [0.05, 0.1) is 32.9 Å². The van der Waals surface area contributed by atoms with Gasteiger partial charge in [0.25, 0.3) is 5.56 Å². The molecule has 2 aliphatic heterocycles. The number of nitrogens with one attached hydrogen (secondary N) is 2. The topological polar surface area (TPSA) is 136 Å². The minimum absolute atomic E-state index is 0.0846. The van der Waals surface area contributed by atoms with Gasteiger partial charge in [-0.1, -0.05) is 45.3 Å². The highest BCUT2D eigenvalue weighted by Gasteiger charge is 2.45. The van der Waals surface area contributed by atoms with Gasteiger partial charge in [-0.25, -0.2) is 9.59 Å². The molecule has 0 radical (unpaired) electrons. The van der Waals surface area contributed by atoms with E-state index >= 15 is 0 Å². The number of allylic oxidation sites excluding steroid dienone is 1. The molecule has 2 N–H and O–H groups in total. The number of benzene rings is 1. The first-order valence-electron chi connectivity index (χ1n) is 15.0. The molecule has 2 fully saturated rings. The maximum Gasteiger partial charge on any atom is 0.407 e. The first kappa shape index (κ1) is 30.4. The SMILES string of the molecule is COC(=O)[C@@H]1C[C@@H]2CN1C(=O)[C@H](C1CCCCC1)NC(=O)OCC(C)(C)C/C=C/c1cc3c(cc(=O)[nH]c3cc1OC)O2. The number of nitrogens with zero attached hydrogens (tertiary/aromatic N) is 1. The van der Waals surface area contributed by atoms with E-state index in [0.29, 0.717) is 28.8 Å². The van der Waals surface area contributed by atoms with Crippen molar-refractivity contribution in [2.75, 3.05) is 27.4 Å². The van der Waals surface area contributed by atoms with Crippen LogP contribution >= 0.6 is 0 Å². The van der Waals surface area contributed by atoms with Gasteiger partial charge in [0.15, 0.2) is 0 Å². The van der Waals surface area contributed by atoms with Gasteiger partial charge in [-0.15, -0.1) is 0 Å². The molecule has 1 saturated carbocycles. The molecule has 1 saturated heterocycles. The molecule has 11 heteroatoms. The van der Waals surface area contributed by atoms with Gasteiger partial charge in [-0.2, -0.15) is 0 Å². The fourth-order valence-corrected chi connectivity index (χ4v) is 6.36. The summed E-state index contributed by atoms with van der Waals surface area (Å²) < 4.78 is 22.7. The minimum Gasteiger partial charge on any atom is -0.496 e. The molecule has 5 rings (SSSR count). The molecule has 4 bridgehead atoms. The van der Waals surface area contributed by atoms with Crippen molar-refractivity contribution in [3.63, 3.8) is 0 Å². The zero-order chi connectivity index (χ0) is 30.7. The van der Waals surface area contributed by atoms with Gasteiger partial charge in [0, 0.05) is 34.9 Å². The molecule has 1 aromatic carbocycles. The number of esters is 1. The number of rotatable bonds is 3. The molecule has 1 aromatic heterocycles. The van der Waals surface area contributed by atoms with Crippen LogP contribution in [-0.4, -0.2) is 73.4 Å². The molecule has 2 amide bonds. The summed E-state index contributed by atoms with van der Waals surface area (Å²) in [5.41, 5.74) is 0.557. The van der Waals surface area contributed by atoms with Crippen LogP contribution in [-0.2, 0) is 19.1 Å². The molecule has 3 aliphatic rings. The molecule has 43 heavy (non-hydrogen) atoms. The van der Waals surface area contributed by atoms with Crippen LogP contribution in [0.4, 0.5) is 4.79 Å². The molecule has 1 aliphatic carbocycles. The maximum atomic E-state index is 14.2. The van der Waals surface area contributed by atoms with Crippen LogP contribution in [0, 0.1) is 11.3 Å². The zero-order valence-electron chi connectivity index (χ0n) is 25.3. The monoisotopic (exact) mass is 595 g/mol. The Labute approximate surface area is 250 Å². The number of aromatic nitrogens is 1. The van der Waals surface area contributed by atoms with Gasteiger partial charge < -0.3 is 34.1 Å². The number of amides is 2. The summed E-state index contributed by atoms with van der Waals surface area (Å²) >= 11 is 0. The molecular weight excluding hydrogens is 554 g/mol. The van der Waals surface area contributed by atoms with Gasteiger partial charge in [-0.3, -0.25) is 9.59 Å². The average Bonchev–Trinajstić information content (AvgIpc) is 3.41. The number of methoxy groups -OCH3 is 2. The van der Waals surface area contributed by atoms with Crippen molar-refractivity contribution in [3.8, 4) is 11.5 Å². The Bertz CT molecular complexity index is 1460. The Balaban J connectivity index is 1.58. The second kappa shape index (κ2) is 12.7. The molecule has 0 unspecified atom stereocenters. The van der Waals surface area contributed by atoms with E-state index in [2.05, 4.69) is 10.3 Å². The summed E-state index contributed by atoms with van der Waals surface area (Å²) in [6.45, 7) is 4.21. The number of aromatic amines is 1. The molecule has 3 atom stereocenters. The van der Waals surface area contributed by atoms with Crippen molar-refractivity contribution in [2.24, 2.45) is 11.3 Å². The van der Waals surface area contributed by atoms with Crippen LogP contribution < -0.4 is 20.3 Å². The van der Waals surface area contributed by atoms with E-state index in [-0.39, 0.29) is 37.0 Å². The molecule has 0 spiro atoms. The van der Waals surface area contributed by atoms with Crippen LogP contribution in [0.2, 0.25) is 0 Å². The Morgan fingerprint density at radius 3 is 2.56 bits per heavy atom. The van der Waals surface area contributed by atoms with Crippen LogP contribution in [0.5, 0.6) is 11.5 Å². The molecule has 232 valence electrons. The van der Waals surface area contributed by atoms with Gasteiger partial charge >= 0.3 is 12.1 Å². The third-order valence-electron chi connectivity index (χ3n) is 8.69. The lowest BCUT2D eigenvalue weighted by Crippen LogP contribution is -2.55. The van der Waals surface area contributed by atoms with Crippen LogP contribution in [0.3, 0.4) is 0 Å². The summed E-state index contributed by atoms with van der Waals surface area (Å²) in [5, 5.41) is 3.52. The van der Waals surface area contributed by atoms with Crippen LogP contribution in [0.25, 0.3) is 17.0 Å². The summed E-state index contributed by atoms with van der Waals surface area (Å²) in [6.07, 6.45) is 7.99. The second-order valence-corrected chi connectivity index (χ2v) is 12.5. The quantitative estimate of drug-likeness (QED) is 0.505. The number of carbonyl (C=O) groups is 3. The molecule has 3 heterocycles. The Morgan fingerprint density at radius 2 is 1.84 bits per heavy atom. The number of fused-ring (bicyclic) bond motifs is 3. The van der Waals surface area contributed by atoms with E-state index in [1.807, 2.05) is 32.1 Å². The Hall–Kier alpha value is -4.02.